The third-order valence-corrected chi connectivity index (χ3v) is 10.4. The minimum Gasteiger partial charge on any atom is -0.390 e. The van der Waals surface area contributed by atoms with Gasteiger partial charge in [0.05, 0.1) is 11.2 Å². The molecule has 1 saturated heterocycles. The summed E-state index contributed by atoms with van der Waals surface area (Å²) in [5.41, 5.74) is 10.0. The summed E-state index contributed by atoms with van der Waals surface area (Å²) in [5.74, 6) is -2.49. The summed E-state index contributed by atoms with van der Waals surface area (Å²) < 4.78 is 27.3. The Kier molecular flexibility index (Phi) is 5.53. The molecular formula is C31H36F2N4O2. The summed E-state index contributed by atoms with van der Waals surface area (Å²) >= 11 is 0. The lowest BCUT2D eigenvalue weighted by Crippen LogP contribution is -2.58. The summed E-state index contributed by atoms with van der Waals surface area (Å²) in [4.78, 5) is 20.0. The second-order valence-corrected chi connectivity index (χ2v) is 12.8. The highest BCUT2D eigenvalue weighted by Crippen LogP contribution is 2.54. The van der Waals surface area contributed by atoms with Crippen molar-refractivity contribution in [2.45, 2.75) is 92.7 Å². The van der Waals surface area contributed by atoms with Gasteiger partial charge in [-0.25, -0.2) is 13.8 Å². The van der Waals surface area contributed by atoms with Crippen molar-refractivity contribution in [3.63, 3.8) is 0 Å². The van der Waals surface area contributed by atoms with Gasteiger partial charge in [-0.05, 0) is 74.1 Å². The predicted molar refractivity (Wildman–Crippen MR) is 145 cm³/mol. The Morgan fingerprint density at radius 2 is 1.67 bits per heavy atom. The number of fused-ring (bicyclic) bond motifs is 4. The van der Waals surface area contributed by atoms with Crippen LogP contribution in [0.5, 0.6) is 0 Å². The number of aromatic nitrogens is 1. The molecular weight excluding hydrogens is 498 g/mol. The van der Waals surface area contributed by atoms with Crippen molar-refractivity contribution in [2.75, 3.05) is 18.8 Å². The van der Waals surface area contributed by atoms with Crippen LogP contribution in [0.3, 0.4) is 0 Å². The van der Waals surface area contributed by atoms with E-state index in [-0.39, 0.29) is 41.6 Å². The fraction of sp³-hybridized carbons (Fsp3) is 0.548. The van der Waals surface area contributed by atoms with E-state index in [0.717, 1.165) is 62.7 Å². The molecule has 6 aliphatic rings. The molecule has 1 aliphatic heterocycles. The van der Waals surface area contributed by atoms with Crippen LogP contribution in [-0.4, -0.2) is 57.1 Å². The van der Waals surface area contributed by atoms with Crippen molar-refractivity contribution in [1.82, 2.24) is 15.2 Å². The van der Waals surface area contributed by atoms with Gasteiger partial charge in [0.15, 0.2) is 0 Å². The fourth-order valence-electron chi connectivity index (χ4n) is 7.64. The molecule has 2 bridgehead atoms. The summed E-state index contributed by atoms with van der Waals surface area (Å²) in [6, 6.07) is 10.5. The Hall–Kier alpha value is -2.84. The van der Waals surface area contributed by atoms with Gasteiger partial charge in [0.2, 0.25) is 5.92 Å². The van der Waals surface area contributed by atoms with Crippen molar-refractivity contribution in [1.29, 1.82) is 0 Å². The van der Waals surface area contributed by atoms with Gasteiger partial charge >= 0.3 is 0 Å². The van der Waals surface area contributed by atoms with Gasteiger partial charge in [0.25, 0.3) is 5.91 Å². The number of anilines is 1. The number of rotatable bonds is 5. The highest BCUT2D eigenvalue weighted by atomic mass is 19.3. The van der Waals surface area contributed by atoms with Gasteiger partial charge in [-0.2, -0.15) is 0 Å². The summed E-state index contributed by atoms with van der Waals surface area (Å²) in [6.45, 7) is 1.74. The zero-order chi connectivity index (χ0) is 27.0. The number of pyridine rings is 1. The van der Waals surface area contributed by atoms with Crippen molar-refractivity contribution in [2.24, 2.45) is 0 Å². The average Bonchev–Trinajstić information content (AvgIpc) is 3.50. The van der Waals surface area contributed by atoms with Crippen LogP contribution in [0.2, 0.25) is 0 Å². The van der Waals surface area contributed by atoms with E-state index in [2.05, 4.69) is 45.5 Å². The van der Waals surface area contributed by atoms with Gasteiger partial charge in [-0.3, -0.25) is 9.69 Å². The van der Waals surface area contributed by atoms with Gasteiger partial charge in [-0.15, -0.1) is 0 Å². The first-order chi connectivity index (χ1) is 18.6. The van der Waals surface area contributed by atoms with Gasteiger partial charge in [0.1, 0.15) is 5.82 Å². The first-order valence-electron chi connectivity index (χ1n) is 14.3. The molecule has 1 amide bonds. The van der Waals surface area contributed by atoms with Crippen LogP contribution in [0.1, 0.15) is 80.1 Å². The zero-order valence-corrected chi connectivity index (χ0v) is 22.2. The van der Waals surface area contributed by atoms with Crippen LogP contribution in [-0.2, 0) is 5.41 Å². The summed E-state index contributed by atoms with van der Waals surface area (Å²) in [5, 5.41) is 13.8. The fourth-order valence-corrected chi connectivity index (χ4v) is 7.64. The molecule has 206 valence electrons. The topological polar surface area (TPSA) is 91.5 Å². The molecule has 6 nitrogen and oxygen atoms in total. The maximum atomic E-state index is 13.6. The number of nitrogens with two attached hydrogens (primary N) is 1. The standard InChI is InChI=1S/C31H36F2N4O2/c32-31(33)7-5-24(6-8-31)37-18-23-16-30(23,19-37)22-3-1-20(2-4-22)21-15-25(26(34)35-17-21)27(38)36-28-9-12-29(39,13-10-28)14-11-28/h1-4,15-17,24,39H,5-14,18-19H2,(H2,34,35)(H,36,38)/t28?,29?,30-/m1/s1. The molecule has 1 aromatic carbocycles. The van der Waals surface area contributed by atoms with Crippen LogP contribution >= 0.6 is 0 Å². The quantitative estimate of drug-likeness (QED) is 0.471. The number of alkyl halides is 2. The van der Waals surface area contributed by atoms with E-state index in [1.165, 1.54) is 11.1 Å². The Bertz CT molecular complexity index is 1320. The number of carbonyl (C=O) groups is 1. The normalized spacial score (nSPS) is 33.5. The van der Waals surface area contributed by atoms with E-state index in [1.54, 1.807) is 6.20 Å². The van der Waals surface area contributed by atoms with Crippen molar-refractivity contribution >= 4 is 11.7 Å². The maximum Gasteiger partial charge on any atom is 0.255 e. The lowest BCUT2D eigenvalue weighted by Gasteiger charge is -2.51. The first-order valence-corrected chi connectivity index (χ1v) is 14.3. The SMILES string of the molecule is Nc1ncc(-c2ccc([C@]34C=C3CN(C3CCC(F)(F)CC3)C4)cc2)cc1C(=O)NC12CCC(O)(CC1)CC2. The molecule has 4 saturated carbocycles. The minimum absolute atomic E-state index is 0.00507. The number of aliphatic hydroxyl groups is 1. The Morgan fingerprint density at radius 3 is 2.33 bits per heavy atom. The number of nitrogen functional groups attached to an aromatic ring is 1. The predicted octanol–water partition coefficient (Wildman–Crippen LogP) is 4.97. The third-order valence-electron chi connectivity index (χ3n) is 10.4. The minimum atomic E-state index is -2.50. The number of hydrogen-bond donors (Lipinski definition) is 3. The average molecular weight is 535 g/mol. The number of hydrogen-bond acceptors (Lipinski definition) is 5. The third kappa shape index (κ3) is 4.36. The highest BCUT2D eigenvalue weighted by Gasteiger charge is 2.54. The van der Waals surface area contributed by atoms with E-state index in [0.29, 0.717) is 18.4 Å². The Labute approximate surface area is 227 Å². The monoisotopic (exact) mass is 534 g/mol. The number of nitrogens with zero attached hydrogens (tertiary/aromatic N) is 2. The van der Waals surface area contributed by atoms with E-state index in [9.17, 15) is 18.7 Å². The van der Waals surface area contributed by atoms with Gasteiger partial charge in [-0.1, -0.05) is 30.3 Å². The molecule has 0 spiro atoms. The van der Waals surface area contributed by atoms with Crippen LogP contribution in [0, 0.1) is 0 Å². The number of likely N-dealkylation sites (tertiary alicyclic amines) is 1. The summed E-state index contributed by atoms with van der Waals surface area (Å²) in [6.07, 6.45) is 9.67. The van der Waals surface area contributed by atoms with E-state index in [4.69, 9.17) is 5.73 Å². The molecule has 0 unspecified atom stereocenters. The second-order valence-electron chi connectivity index (χ2n) is 12.8. The van der Waals surface area contributed by atoms with E-state index in [1.807, 2.05) is 6.07 Å². The molecule has 4 N–H and O–H groups in total. The second kappa shape index (κ2) is 8.58. The van der Waals surface area contributed by atoms with Crippen molar-refractivity contribution in [3.8, 4) is 11.1 Å². The molecule has 1 atom stereocenters. The van der Waals surface area contributed by atoms with Gasteiger partial charge < -0.3 is 16.2 Å². The zero-order valence-electron chi connectivity index (χ0n) is 22.2. The maximum absolute atomic E-state index is 13.6. The number of amides is 1. The van der Waals surface area contributed by atoms with Crippen LogP contribution in [0.15, 0.2) is 48.2 Å². The molecule has 2 heterocycles. The Morgan fingerprint density at radius 1 is 1.00 bits per heavy atom. The molecule has 8 rings (SSSR count). The molecule has 0 radical (unpaired) electrons. The van der Waals surface area contributed by atoms with Crippen LogP contribution < -0.4 is 11.1 Å². The molecule has 8 heteroatoms. The van der Waals surface area contributed by atoms with Crippen LogP contribution in [0.4, 0.5) is 14.6 Å². The molecule has 5 fully saturated rings. The lowest BCUT2D eigenvalue weighted by atomic mass is 9.63. The van der Waals surface area contributed by atoms with E-state index >= 15 is 0 Å². The molecule has 1 aromatic heterocycles. The number of benzene rings is 1. The van der Waals surface area contributed by atoms with Crippen molar-refractivity contribution in [3.05, 3.63) is 59.3 Å². The smallest absolute Gasteiger partial charge is 0.255 e. The Balaban J connectivity index is 1.04. The number of carbonyl (C=O) groups excluding carboxylic acids is 1. The molecule has 39 heavy (non-hydrogen) atoms. The van der Waals surface area contributed by atoms with E-state index < -0.39 is 11.5 Å². The summed E-state index contributed by atoms with van der Waals surface area (Å²) in [7, 11) is 0. The lowest BCUT2D eigenvalue weighted by molar-refractivity contribution is -0.0702. The molecule has 2 aromatic rings. The first kappa shape index (κ1) is 25.1. The largest absolute Gasteiger partial charge is 0.390 e. The molecule has 5 aliphatic carbocycles. The van der Waals surface area contributed by atoms with Gasteiger partial charge in [0, 0.05) is 54.7 Å². The van der Waals surface area contributed by atoms with Crippen LogP contribution in [0.25, 0.3) is 11.1 Å². The van der Waals surface area contributed by atoms with Crippen molar-refractivity contribution < 1.29 is 18.7 Å². The highest BCUT2D eigenvalue weighted by molar-refractivity contribution is 6.00. The number of nitrogens with one attached hydrogen (secondary N) is 1. The number of halogens is 2.